The van der Waals surface area contributed by atoms with E-state index in [1.165, 1.54) is 12.1 Å². The Bertz CT molecular complexity index is 557. The summed E-state index contributed by atoms with van der Waals surface area (Å²) in [5.41, 5.74) is 2.28. The van der Waals surface area contributed by atoms with Crippen LogP contribution < -0.4 is 4.90 Å². The van der Waals surface area contributed by atoms with Crippen LogP contribution in [0.25, 0.3) is 0 Å². The lowest BCUT2D eigenvalue weighted by atomic mass is 10.2. The zero-order valence-corrected chi connectivity index (χ0v) is 11.0. The van der Waals surface area contributed by atoms with Gasteiger partial charge in [-0.15, -0.1) is 0 Å². The molecule has 1 N–H and O–H groups in total. The topological polar surface area (TPSA) is 49.2 Å². The summed E-state index contributed by atoms with van der Waals surface area (Å²) in [5, 5.41) is 9.12. The molecular weight excluding hydrogens is 245 g/mol. The minimum atomic E-state index is -0.271. The van der Waals surface area contributed by atoms with Gasteiger partial charge in [0.25, 0.3) is 0 Å². The lowest BCUT2D eigenvalue weighted by Crippen LogP contribution is -2.19. The van der Waals surface area contributed by atoms with Crippen LogP contribution in [0.2, 0.25) is 0 Å². The summed E-state index contributed by atoms with van der Waals surface area (Å²) in [6.45, 7) is 4.40. The van der Waals surface area contributed by atoms with Crippen molar-refractivity contribution in [3.8, 4) is 0 Å². The van der Waals surface area contributed by atoms with Crippen molar-refractivity contribution in [1.29, 1.82) is 0 Å². The number of halogens is 1. The summed E-state index contributed by atoms with van der Waals surface area (Å²) in [6.07, 6.45) is 1.61. The maximum atomic E-state index is 12.9. The van der Waals surface area contributed by atoms with E-state index in [-0.39, 0.29) is 12.4 Å². The van der Waals surface area contributed by atoms with Crippen LogP contribution in [0.1, 0.15) is 18.2 Å². The minimum absolute atomic E-state index is 0.0746. The normalized spacial score (nSPS) is 10.5. The molecule has 0 aliphatic rings. The number of hydrogen-bond acceptors (Lipinski definition) is 4. The van der Waals surface area contributed by atoms with Crippen LogP contribution >= 0.6 is 0 Å². The van der Waals surface area contributed by atoms with Crippen LogP contribution in [0.15, 0.2) is 30.5 Å². The smallest absolute Gasteiger partial charge is 0.230 e. The van der Waals surface area contributed by atoms with E-state index in [1.807, 2.05) is 18.7 Å². The lowest BCUT2D eigenvalue weighted by Gasteiger charge is -2.21. The van der Waals surface area contributed by atoms with Crippen molar-refractivity contribution in [3.05, 3.63) is 47.5 Å². The lowest BCUT2D eigenvalue weighted by molar-refractivity contribution is 0.280. The van der Waals surface area contributed by atoms with Gasteiger partial charge < -0.3 is 10.0 Å². The third-order valence-corrected chi connectivity index (χ3v) is 2.93. The Morgan fingerprint density at radius 3 is 2.47 bits per heavy atom. The highest BCUT2D eigenvalue weighted by Gasteiger charge is 2.11. The molecule has 100 valence electrons. The summed E-state index contributed by atoms with van der Waals surface area (Å²) < 4.78 is 12.9. The van der Waals surface area contributed by atoms with Crippen LogP contribution in [-0.4, -0.2) is 21.6 Å². The summed E-state index contributed by atoms with van der Waals surface area (Å²) in [4.78, 5) is 10.5. The Hall–Kier alpha value is -2.01. The van der Waals surface area contributed by atoms with E-state index in [0.29, 0.717) is 18.1 Å². The first-order chi connectivity index (χ1) is 9.15. The molecule has 2 rings (SSSR count). The number of anilines is 2. The predicted octanol–water partition coefficient (Wildman–Crippen LogP) is 2.57. The second-order valence-electron chi connectivity index (χ2n) is 4.16. The van der Waals surface area contributed by atoms with E-state index in [4.69, 9.17) is 5.11 Å². The average Bonchev–Trinajstić information content (AvgIpc) is 2.42. The fourth-order valence-corrected chi connectivity index (χ4v) is 1.83. The highest BCUT2D eigenvalue weighted by atomic mass is 19.1. The first kappa shape index (κ1) is 13.4. The molecule has 0 aliphatic carbocycles. The second kappa shape index (κ2) is 5.75. The minimum Gasteiger partial charge on any atom is -0.392 e. The van der Waals surface area contributed by atoms with Gasteiger partial charge >= 0.3 is 0 Å². The van der Waals surface area contributed by atoms with Gasteiger partial charge in [-0.2, -0.15) is 0 Å². The standard InChI is InChI=1S/C14H16FN3O/c1-3-18(13-6-4-12(15)5-7-13)14-16-8-11(9-19)10(2)17-14/h4-8,19H,3,9H2,1-2H3. The van der Waals surface area contributed by atoms with E-state index < -0.39 is 0 Å². The summed E-state index contributed by atoms with van der Waals surface area (Å²) >= 11 is 0. The van der Waals surface area contributed by atoms with E-state index in [9.17, 15) is 4.39 Å². The maximum absolute atomic E-state index is 12.9. The monoisotopic (exact) mass is 261 g/mol. The van der Waals surface area contributed by atoms with Gasteiger partial charge in [0.05, 0.1) is 6.61 Å². The molecule has 1 aromatic carbocycles. The van der Waals surface area contributed by atoms with Crippen molar-refractivity contribution in [2.75, 3.05) is 11.4 Å². The molecule has 0 unspecified atom stereocenters. The molecule has 0 bridgehead atoms. The molecular formula is C14H16FN3O. The molecule has 0 aliphatic heterocycles. The van der Waals surface area contributed by atoms with Crippen molar-refractivity contribution in [3.63, 3.8) is 0 Å². The zero-order valence-electron chi connectivity index (χ0n) is 11.0. The quantitative estimate of drug-likeness (QED) is 0.919. The summed E-state index contributed by atoms with van der Waals surface area (Å²) in [7, 11) is 0. The molecule has 1 aromatic heterocycles. The van der Waals surface area contributed by atoms with Gasteiger partial charge in [0.2, 0.25) is 5.95 Å². The number of benzene rings is 1. The Morgan fingerprint density at radius 1 is 1.26 bits per heavy atom. The fourth-order valence-electron chi connectivity index (χ4n) is 1.83. The molecule has 2 aromatic rings. The van der Waals surface area contributed by atoms with E-state index in [2.05, 4.69) is 9.97 Å². The van der Waals surface area contributed by atoms with Gasteiger partial charge in [-0.3, -0.25) is 0 Å². The fraction of sp³-hybridized carbons (Fsp3) is 0.286. The molecule has 0 spiro atoms. The van der Waals surface area contributed by atoms with E-state index in [1.54, 1.807) is 18.3 Å². The molecule has 1 heterocycles. The molecule has 0 fully saturated rings. The number of aromatic nitrogens is 2. The van der Waals surface area contributed by atoms with Crippen LogP contribution in [0.3, 0.4) is 0 Å². The van der Waals surface area contributed by atoms with E-state index in [0.717, 1.165) is 11.4 Å². The molecule has 4 nitrogen and oxygen atoms in total. The molecule has 5 heteroatoms. The number of aliphatic hydroxyl groups is 1. The van der Waals surface area contributed by atoms with Crippen molar-refractivity contribution in [2.24, 2.45) is 0 Å². The zero-order chi connectivity index (χ0) is 13.8. The molecule has 0 atom stereocenters. The highest BCUT2D eigenvalue weighted by Crippen LogP contribution is 2.22. The van der Waals surface area contributed by atoms with Crippen molar-refractivity contribution >= 4 is 11.6 Å². The number of hydrogen-bond donors (Lipinski definition) is 1. The van der Waals surface area contributed by atoms with Gasteiger partial charge in [0.15, 0.2) is 0 Å². The van der Waals surface area contributed by atoms with Gasteiger partial charge in [-0.25, -0.2) is 14.4 Å². The summed E-state index contributed by atoms with van der Waals surface area (Å²) in [6, 6.07) is 6.20. The summed E-state index contributed by atoms with van der Waals surface area (Å²) in [5.74, 6) is 0.274. The maximum Gasteiger partial charge on any atom is 0.230 e. The van der Waals surface area contributed by atoms with Crippen LogP contribution in [0, 0.1) is 12.7 Å². The van der Waals surface area contributed by atoms with Crippen LogP contribution in [0.5, 0.6) is 0 Å². The highest BCUT2D eigenvalue weighted by molar-refractivity contribution is 5.57. The van der Waals surface area contributed by atoms with Crippen LogP contribution in [0.4, 0.5) is 16.0 Å². The van der Waals surface area contributed by atoms with Gasteiger partial charge in [0, 0.05) is 29.7 Å². The largest absolute Gasteiger partial charge is 0.392 e. The van der Waals surface area contributed by atoms with Gasteiger partial charge in [0.1, 0.15) is 5.82 Å². The van der Waals surface area contributed by atoms with Gasteiger partial charge in [-0.05, 0) is 38.1 Å². The van der Waals surface area contributed by atoms with Crippen molar-refractivity contribution in [2.45, 2.75) is 20.5 Å². The number of rotatable bonds is 4. The third-order valence-electron chi connectivity index (χ3n) is 2.93. The Morgan fingerprint density at radius 2 is 1.95 bits per heavy atom. The molecule has 0 saturated carbocycles. The number of nitrogens with zero attached hydrogens (tertiary/aromatic N) is 3. The van der Waals surface area contributed by atoms with Crippen molar-refractivity contribution < 1.29 is 9.50 Å². The Labute approximate surface area is 111 Å². The van der Waals surface area contributed by atoms with E-state index >= 15 is 0 Å². The Kier molecular flexibility index (Phi) is 4.06. The Balaban J connectivity index is 2.36. The van der Waals surface area contributed by atoms with Gasteiger partial charge in [-0.1, -0.05) is 0 Å². The molecule has 19 heavy (non-hydrogen) atoms. The molecule has 0 radical (unpaired) electrons. The van der Waals surface area contributed by atoms with Crippen LogP contribution in [-0.2, 0) is 6.61 Å². The van der Waals surface area contributed by atoms with Crippen molar-refractivity contribution in [1.82, 2.24) is 9.97 Å². The average molecular weight is 261 g/mol. The number of aryl methyl sites for hydroxylation is 1. The predicted molar refractivity (Wildman–Crippen MR) is 71.8 cm³/mol. The third kappa shape index (κ3) is 2.88. The molecule has 0 amide bonds. The first-order valence-corrected chi connectivity index (χ1v) is 6.12. The molecule has 0 saturated heterocycles. The second-order valence-corrected chi connectivity index (χ2v) is 4.16. The first-order valence-electron chi connectivity index (χ1n) is 6.12. The SMILES string of the molecule is CCN(c1ccc(F)cc1)c1ncc(CO)c(C)n1. The number of aliphatic hydroxyl groups excluding tert-OH is 1.